The van der Waals surface area contributed by atoms with Gasteiger partial charge in [0.15, 0.2) is 10.9 Å². The van der Waals surface area contributed by atoms with Crippen LogP contribution in [0.25, 0.3) is 6.08 Å². The van der Waals surface area contributed by atoms with Gasteiger partial charge in [0.1, 0.15) is 10.5 Å². The smallest absolute Gasteiger partial charge is 0.339 e. The highest BCUT2D eigenvalue weighted by molar-refractivity contribution is 9.10. The summed E-state index contributed by atoms with van der Waals surface area (Å²) in [5, 5.41) is 4.61. The van der Waals surface area contributed by atoms with E-state index in [0.29, 0.717) is 10.0 Å². The molecule has 2 aromatic rings. The van der Waals surface area contributed by atoms with E-state index >= 15 is 0 Å². The predicted molar refractivity (Wildman–Crippen MR) is 110 cm³/mol. The number of amides is 2. The molecule has 28 heavy (non-hydrogen) atoms. The van der Waals surface area contributed by atoms with E-state index in [2.05, 4.69) is 26.6 Å². The van der Waals surface area contributed by atoms with Crippen LogP contribution in [-0.4, -0.2) is 25.3 Å². The maximum atomic E-state index is 12.4. The van der Waals surface area contributed by atoms with Crippen LogP contribution in [-0.2, 0) is 19.7 Å². The molecule has 0 spiro atoms. The van der Waals surface area contributed by atoms with E-state index in [0.717, 1.165) is 5.56 Å². The molecule has 7 nitrogen and oxygen atoms in total. The van der Waals surface area contributed by atoms with Crippen molar-refractivity contribution in [3.8, 4) is 5.75 Å². The number of carbonyl (C=O) groups excluding carboxylic acids is 2. The fraction of sp³-hybridized carbons (Fsp3) is 0.0556. The van der Waals surface area contributed by atoms with Gasteiger partial charge < -0.3 is 4.18 Å². The predicted octanol–water partition coefficient (Wildman–Crippen LogP) is 2.44. The lowest BCUT2D eigenvalue weighted by Crippen LogP contribution is -2.51. The van der Waals surface area contributed by atoms with Gasteiger partial charge in [-0.1, -0.05) is 23.8 Å². The van der Waals surface area contributed by atoms with Gasteiger partial charge in [0.05, 0.1) is 4.47 Å². The number of benzene rings is 2. The molecule has 0 bridgehead atoms. The van der Waals surface area contributed by atoms with Crippen molar-refractivity contribution >= 4 is 61.3 Å². The molecule has 1 saturated heterocycles. The summed E-state index contributed by atoms with van der Waals surface area (Å²) in [6.45, 7) is 1.85. The Labute approximate surface area is 175 Å². The molecule has 0 unspecified atom stereocenters. The molecule has 1 aliphatic rings. The van der Waals surface area contributed by atoms with Gasteiger partial charge in [-0.3, -0.25) is 20.2 Å². The van der Waals surface area contributed by atoms with Gasteiger partial charge in [0, 0.05) is 0 Å². The number of nitrogens with one attached hydrogen (secondary N) is 2. The SMILES string of the molecule is Cc1ccc(S(=O)(=O)Oc2ccc(C=C3C(=O)NC(=S)NC3=O)cc2Br)cc1. The average molecular weight is 481 g/mol. The molecule has 0 atom stereocenters. The third-order valence-electron chi connectivity index (χ3n) is 3.72. The first-order valence-corrected chi connectivity index (χ1v) is 10.5. The molecule has 2 amide bonds. The van der Waals surface area contributed by atoms with Crippen molar-refractivity contribution in [2.75, 3.05) is 0 Å². The van der Waals surface area contributed by atoms with Crippen molar-refractivity contribution in [2.24, 2.45) is 0 Å². The molecule has 0 saturated carbocycles. The van der Waals surface area contributed by atoms with E-state index in [1.54, 1.807) is 12.1 Å². The highest BCUT2D eigenvalue weighted by atomic mass is 79.9. The number of hydrogen-bond donors (Lipinski definition) is 2. The lowest BCUT2D eigenvalue weighted by atomic mass is 10.1. The summed E-state index contributed by atoms with van der Waals surface area (Å²) in [7, 11) is -4.00. The van der Waals surface area contributed by atoms with E-state index in [9.17, 15) is 18.0 Å². The third kappa shape index (κ3) is 4.46. The first-order chi connectivity index (χ1) is 13.2. The molecular weight excluding hydrogens is 468 g/mol. The molecule has 2 aromatic carbocycles. The van der Waals surface area contributed by atoms with E-state index in [1.165, 1.54) is 36.4 Å². The molecule has 1 aliphatic heterocycles. The summed E-state index contributed by atoms with van der Waals surface area (Å²) in [4.78, 5) is 23.8. The zero-order valence-electron chi connectivity index (χ0n) is 14.4. The van der Waals surface area contributed by atoms with Crippen LogP contribution in [0.15, 0.2) is 57.4 Å². The van der Waals surface area contributed by atoms with Gasteiger partial charge in [-0.25, -0.2) is 0 Å². The lowest BCUT2D eigenvalue weighted by molar-refractivity contribution is -0.123. The molecule has 0 radical (unpaired) electrons. The molecule has 144 valence electrons. The number of rotatable bonds is 4. The highest BCUT2D eigenvalue weighted by Gasteiger charge is 2.26. The Bertz CT molecular complexity index is 1100. The van der Waals surface area contributed by atoms with Gasteiger partial charge >= 0.3 is 10.1 Å². The van der Waals surface area contributed by atoms with E-state index < -0.39 is 21.9 Å². The van der Waals surface area contributed by atoms with Crippen molar-refractivity contribution in [2.45, 2.75) is 11.8 Å². The Kier molecular flexibility index (Phi) is 5.64. The van der Waals surface area contributed by atoms with Gasteiger partial charge in [-0.2, -0.15) is 8.42 Å². The minimum absolute atomic E-state index is 0.0303. The second kappa shape index (κ2) is 7.82. The van der Waals surface area contributed by atoms with E-state index in [1.807, 2.05) is 6.92 Å². The van der Waals surface area contributed by atoms with Gasteiger partial charge in [-0.15, -0.1) is 0 Å². The first-order valence-electron chi connectivity index (χ1n) is 7.85. The van der Waals surface area contributed by atoms with Crippen molar-refractivity contribution in [1.82, 2.24) is 10.6 Å². The van der Waals surface area contributed by atoms with Crippen molar-refractivity contribution in [1.29, 1.82) is 0 Å². The summed E-state index contributed by atoms with van der Waals surface area (Å²) in [6, 6.07) is 10.7. The largest absolute Gasteiger partial charge is 0.378 e. The first kappa shape index (κ1) is 20.2. The number of thiocarbonyl (C=S) groups is 1. The fourth-order valence-electron chi connectivity index (χ4n) is 2.32. The highest BCUT2D eigenvalue weighted by Crippen LogP contribution is 2.30. The third-order valence-corrected chi connectivity index (χ3v) is 5.79. The zero-order valence-corrected chi connectivity index (χ0v) is 17.6. The molecule has 10 heteroatoms. The topological polar surface area (TPSA) is 102 Å². The van der Waals surface area contributed by atoms with Crippen molar-refractivity contribution < 1.29 is 22.2 Å². The molecule has 3 rings (SSSR count). The van der Waals surface area contributed by atoms with Crippen molar-refractivity contribution in [3.05, 3.63) is 63.6 Å². The van der Waals surface area contributed by atoms with E-state index in [-0.39, 0.29) is 21.3 Å². The van der Waals surface area contributed by atoms with Crippen LogP contribution in [0.2, 0.25) is 0 Å². The second-order valence-corrected chi connectivity index (χ2v) is 8.64. The molecule has 0 aromatic heterocycles. The summed E-state index contributed by atoms with van der Waals surface area (Å²) in [5.74, 6) is -1.17. The van der Waals surface area contributed by atoms with Crippen LogP contribution in [0.3, 0.4) is 0 Å². The Morgan fingerprint density at radius 2 is 1.64 bits per heavy atom. The molecular formula is C18H13BrN2O5S2. The van der Waals surface area contributed by atoms with Gasteiger partial charge in [-0.05, 0) is 71.0 Å². The number of carbonyl (C=O) groups is 2. The van der Waals surface area contributed by atoms with Crippen LogP contribution in [0.4, 0.5) is 0 Å². The van der Waals surface area contributed by atoms with Crippen LogP contribution < -0.4 is 14.8 Å². The molecule has 0 aliphatic carbocycles. The maximum Gasteiger partial charge on any atom is 0.339 e. The number of aryl methyl sites for hydroxylation is 1. The Hall–Kier alpha value is -2.56. The monoisotopic (exact) mass is 480 g/mol. The molecule has 1 heterocycles. The van der Waals surface area contributed by atoms with Crippen molar-refractivity contribution in [3.63, 3.8) is 0 Å². The Morgan fingerprint density at radius 1 is 1.04 bits per heavy atom. The molecule has 1 fully saturated rings. The fourth-order valence-corrected chi connectivity index (χ4v) is 4.04. The summed E-state index contributed by atoms with van der Waals surface area (Å²) < 4.78 is 30.3. The zero-order chi connectivity index (χ0) is 20.5. The summed E-state index contributed by atoms with van der Waals surface area (Å²) in [5.41, 5.74) is 1.29. The van der Waals surface area contributed by atoms with Crippen LogP contribution >= 0.6 is 28.1 Å². The quantitative estimate of drug-likeness (QED) is 0.301. The second-order valence-electron chi connectivity index (χ2n) is 5.84. The van der Waals surface area contributed by atoms with Crippen LogP contribution in [0.5, 0.6) is 5.75 Å². The molecule has 2 N–H and O–H groups in total. The van der Waals surface area contributed by atoms with E-state index in [4.69, 9.17) is 16.4 Å². The average Bonchev–Trinajstić information content (AvgIpc) is 2.60. The Morgan fingerprint density at radius 3 is 2.21 bits per heavy atom. The number of hydrogen-bond acceptors (Lipinski definition) is 6. The van der Waals surface area contributed by atoms with Crippen LogP contribution in [0, 0.1) is 6.92 Å². The summed E-state index contributed by atoms with van der Waals surface area (Å²) in [6.07, 6.45) is 1.36. The Balaban J connectivity index is 1.86. The maximum absolute atomic E-state index is 12.4. The lowest BCUT2D eigenvalue weighted by Gasteiger charge is -2.16. The van der Waals surface area contributed by atoms with Gasteiger partial charge in [0.2, 0.25) is 0 Å². The summed E-state index contributed by atoms with van der Waals surface area (Å²) >= 11 is 7.99. The number of halogens is 1. The minimum Gasteiger partial charge on any atom is -0.378 e. The van der Waals surface area contributed by atoms with Gasteiger partial charge in [0.25, 0.3) is 11.8 Å². The normalized spacial score (nSPS) is 14.4. The standard InChI is InChI=1S/C18H13BrN2O5S2/c1-10-2-5-12(6-3-10)28(24,25)26-15-7-4-11(9-14(15)19)8-13-16(22)20-18(27)21-17(13)23/h2-9H,1H3,(H2,20,21,22,23,27). The minimum atomic E-state index is -4.00. The van der Waals surface area contributed by atoms with Crippen LogP contribution in [0.1, 0.15) is 11.1 Å².